The summed E-state index contributed by atoms with van der Waals surface area (Å²) in [5, 5.41) is 6.60. The van der Waals surface area contributed by atoms with E-state index >= 15 is 0 Å². The molecule has 1 aliphatic rings. The van der Waals surface area contributed by atoms with Crippen molar-refractivity contribution in [3.8, 4) is 0 Å². The first-order valence-electron chi connectivity index (χ1n) is 6.92. The average molecular weight is 289 g/mol. The number of aryl methyl sites for hydroxylation is 1. The zero-order valence-corrected chi connectivity index (χ0v) is 12.6. The van der Waals surface area contributed by atoms with Crippen molar-refractivity contribution in [1.29, 1.82) is 0 Å². The standard InChI is InChI=1S/C14H19N5S/c1-8-7-20-11(17-8)5-6-16-13-9(2)12(15)18-14(19-13)10-3-4-10/h7,10H,3-6H2,1-2H3,(H3,15,16,18,19). The van der Waals surface area contributed by atoms with Crippen LogP contribution in [0.5, 0.6) is 0 Å². The molecule has 0 saturated heterocycles. The molecular formula is C14H19N5S. The second kappa shape index (κ2) is 5.36. The van der Waals surface area contributed by atoms with Crippen LogP contribution in [0.3, 0.4) is 0 Å². The van der Waals surface area contributed by atoms with E-state index in [2.05, 4.69) is 25.6 Å². The van der Waals surface area contributed by atoms with E-state index in [-0.39, 0.29) is 0 Å². The van der Waals surface area contributed by atoms with Crippen LogP contribution < -0.4 is 11.1 Å². The maximum atomic E-state index is 5.97. The Hall–Kier alpha value is -1.69. The normalized spacial score (nSPS) is 14.5. The fourth-order valence-electron chi connectivity index (χ4n) is 2.05. The number of nitrogens with two attached hydrogens (primary N) is 1. The quantitative estimate of drug-likeness (QED) is 0.885. The molecule has 3 rings (SSSR count). The van der Waals surface area contributed by atoms with Gasteiger partial charge in [-0.2, -0.15) is 0 Å². The summed E-state index contributed by atoms with van der Waals surface area (Å²) in [6.07, 6.45) is 3.27. The molecule has 1 saturated carbocycles. The van der Waals surface area contributed by atoms with Crippen LogP contribution in [-0.2, 0) is 6.42 Å². The molecule has 2 heterocycles. The van der Waals surface area contributed by atoms with Gasteiger partial charge in [-0.05, 0) is 26.7 Å². The lowest BCUT2D eigenvalue weighted by Crippen LogP contribution is -2.11. The van der Waals surface area contributed by atoms with E-state index in [1.807, 2.05) is 13.8 Å². The van der Waals surface area contributed by atoms with Crippen molar-refractivity contribution in [2.45, 2.75) is 39.0 Å². The lowest BCUT2D eigenvalue weighted by molar-refractivity contribution is 0.908. The van der Waals surface area contributed by atoms with E-state index in [0.717, 1.165) is 40.9 Å². The number of aromatic nitrogens is 3. The van der Waals surface area contributed by atoms with E-state index in [9.17, 15) is 0 Å². The Balaban J connectivity index is 1.67. The first kappa shape index (κ1) is 13.3. The number of rotatable bonds is 5. The lowest BCUT2D eigenvalue weighted by Gasteiger charge is -2.11. The molecule has 6 heteroatoms. The maximum Gasteiger partial charge on any atom is 0.136 e. The van der Waals surface area contributed by atoms with E-state index < -0.39 is 0 Å². The van der Waals surface area contributed by atoms with E-state index in [4.69, 9.17) is 5.73 Å². The van der Waals surface area contributed by atoms with E-state index in [0.29, 0.717) is 11.7 Å². The predicted octanol–water partition coefficient (Wildman–Crippen LogP) is 2.66. The molecule has 3 N–H and O–H groups in total. The fraction of sp³-hybridized carbons (Fsp3) is 0.500. The van der Waals surface area contributed by atoms with Gasteiger partial charge in [0.2, 0.25) is 0 Å². The Morgan fingerprint density at radius 3 is 2.75 bits per heavy atom. The number of nitrogen functional groups attached to an aromatic ring is 1. The Labute approximate surface area is 122 Å². The number of anilines is 2. The molecule has 20 heavy (non-hydrogen) atoms. The molecule has 1 aliphatic carbocycles. The molecule has 5 nitrogen and oxygen atoms in total. The number of nitrogens with one attached hydrogen (secondary N) is 1. The van der Waals surface area contributed by atoms with Gasteiger partial charge in [-0.15, -0.1) is 11.3 Å². The third-order valence-electron chi connectivity index (χ3n) is 3.44. The van der Waals surface area contributed by atoms with Gasteiger partial charge in [0, 0.05) is 35.5 Å². The first-order valence-corrected chi connectivity index (χ1v) is 7.80. The smallest absolute Gasteiger partial charge is 0.136 e. The minimum Gasteiger partial charge on any atom is -0.383 e. The fourth-order valence-corrected chi connectivity index (χ4v) is 2.83. The van der Waals surface area contributed by atoms with Crippen molar-refractivity contribution in [1.82, 2.24) is 15.0 Å². The van der Waals surface area contributed by atoms with Gasteiger partial charge in [0.15, 0.2) is 0 Å². The molecule has 0 spiro atoms. The van der Waals surface area contributed by atoms with Gasteiger partial charge in [0.05, 0.1) is 5.01 Å². The van der Waals surface area contributed by atoms with Crippen LogP contribution in [0.4, 0.5) is 11.6 Å². The van der Waals surface area contributed by atoms with Gasteiger partial charge < -0.3 is 11.1 Å². The second-order valence-corrected chi connectivity index (χ2v) is 6.22. The van der Waals surface area contributed by atoms with Gasteiger partial charge in [-0.25, -0.2) is 15.0 Å². The lowest BCUT2D eigenvalue weighted by atomic mass is 10.2. The topological polar surface area (TPSA) is 76.7 Å². The molecule has 0 amide bonds. The highest BCUT2D eigenvalue weighted by atomic mass is 32.1. The molecule has 2 aromatic heterocycles. The minimum atomic E-state index is 0.514. The van der Waals surface area contributed by atoms with Crippen molar-refractivity contribution in [2.24, 2.45) is 0 Å². The minimum absolute atomic E-state index is 0.514. The highest BCUT2D eigenvalue weighted by molar-refractivity contribution is 7.09. The molecule has 0 atom stereocenters. The van der Waals surface area contributed by atoms with Crippen LogP contribution >= 0.6 is 11.3 Å². The Kier molecular flexibility index (Phi) is 3.56. The van der Waals surface area contributed by atoms with Crippen LogP contribution in [0.2, 0.25) is 0 Å². The molecular weight excluding hydrogens is 270 g/mol. The van der Waals surface area contributed by atoms with Gasteiger partial charge in [-0.1, -0.05) is 0 Å². The maximum absolute atomic E-state index is 5.97. The Morgan fingerprint density at radius 2 is 2.10 bits per heavy atom. The number of hydrogen-bond donors (Lipinski definition) is 2. The summed E-state index contributed by atoms with van der Waals surface area (Å²) >= 11 is 1.70. The van der Waals surface area contributed by atoms with Gasteiger partial charge in [0.25, 0.3) is 0 Å². The first-order chi connectivity index (χ1) is 9.63. The highest BCUT2D eigenvalue weighted by Gasteiger charge is 2.27. The van der Waals surface area contributed by atoms with Gasteiger partial charge >= 0.3 is 0 Å². The van der Waals surface area contributed by atoms with Gasteiger partial charge in [-0.3, -0.25) is 0 Å². The largest absolute Gasteiger partial charge is 0.383 e. The monoisotopic (exact) mass is 289 g/mol. The molecule has 0 bridgehead atoms. The number of hydrogen-bond acceptors (Lipinski definition) is 6. The summed E-state index contributed by atoms with van der Waals surface area (Å²) in [5.74, 6) is 2.86. The van der Waals surface area contributed by atoms with Gasteiger partial charge in [0.1, 0.15) is 17.5 Å². The summed E-state index contributed by atoms with van der Waals surface area (Å²) in [5.41, 5.74) is 7.99. The summed E-state index contributed by atoms with van der Waals surface area (Å²) < 4.78 is 0. The van der Waals surface area contributed by atoms with Crippen molar-refractivity contribution >= 4 is 23.0 Å². The van der Waals surface area contributed by atoms with Crippen LogP contribution in [-0.4, -0.2) is 21.5 Å². The zero-order valence-electron chi connectivity index (χ0n) is 11.8. The van der Waals surface area contributed by atoms with Crippen LogP contribution in [0, 0.1) is 13.8 Å². The molecule has 0 radical (unpaired) electrons. The van der Waals surface area contributed by atoms with Crippen molar-refractivity contribution in [3.63, 3.8) is 0 Å². The molecule has 106 valence electrons. The second-order valence-electron chi connectivity index (χ2n) is 5.27. The highest BCUT2D eigenvalue weighted by Crippen LogP contribution is 2.39. The third kappa shape index (κ3) is 2.90. The SMILES string of the molecule is Cc1csc(CCNc2nc(C3CC3)nc(N)c2C)n1. The number of thiazole rings is 1. The van der Waals surface area contributed by atoms with Crippen molar-refractivity contribution < 1.29 is 0 Å². The van der Waals surface area contributed by atoms with E-state index in [1.165, 1.54) is 12.8 Å². The summed E-state index contributed by atoms with van der Waals surface area (Å²) in [7, 11) is 0. The summed E-state index contributed by atoms with van der Waals surface area (Å²) in [6.45, 7) is 4.79. The number of nitrogens with zero attached hydrogens (tertiary/aromatic N) is 3. The zero-order chi connectivity index (χ0) is 14.1. The van der Waals surface area contributed by atoms with E-state index in [1.54, 1.807) is 11.3 Å². The van der Waals surface area contributed by atoms with Crippen LogP contribution in [0.1, 0.15) is 40.8 Å². The van der Waals surface area contributed by atoms with Crippen molar-refractivity contribution in [2.75, 3.05) is 17.6 Å². The van der Waals surface area contributed by atoms with Crippen LogP contribution in [0.15, 0.2) is 5.38 Å². The average Bonchev–Trinajstić information content (AvgIpc) is 3.18. The Bertz CT molecular complexity index is 618. The van der Waals surface area contributed by atoms with Crippen LogP contribution in [0.25, 0.3) is 0 Å². The molecule has 0 aliphatic heterocycles. The summed E-state index contributed by atoms with van der Waals surface area (Å²) in [6, 6.07) is 0. The molecule has 1 fully saturated rings. The summed E-state index contributed by atoms with van der Waals surface area (Å²) in [4.78, 5) is 13.5. The predicted molar refractivity (Wildman–Crippen MR) is 82.2 cm³/mol. The molecule has 0 aromatic carbocycles. The third-order valence-corrected chi connectivity index (χ3v) is 4.47. The Morgan fingerprint density at radius 1 is 1.30 bits per heavy atom. The van der Waals surface area contributed by atoms with Crippen molar-refractivity contribution in [3.05, 3.63) is 27.5 Å². The molecule has 2 aromatic rings. The molecule has 0 unspecified atom stereocenters.